The van der Waals surface area contributed by atoms with Crippen molar-refractivity contribution in [3.05, 3.63) is 101 Å². The molecule has 8 heteroatoms. The summed E-state index contributed by atoms with van der Waals surface area (Å²) in [5, 5.41) is 17.4. The van der Waals surface area contributed by atoms with Crippen molar-refractivity contribution in [3.63, 3.8) is 0 Å². The third-order valence-electron chi connectivity index (χ3n) is 5.25. The number of nitrogens with zero attached hydrogens (tertiary/aromatic N) is 4. The number of amides is 1. The quantitative estimate of drug-likeness (QED) is 0.312. The molecule has 34 heavy (non-hydrogen) atoms. The molecule has 0 aliphatic rings. The molecule has 3 aromatic heterocycles. The van der Waals surface area contributed by atoms with Gasteiger partial charge in [-0.3, -0.25) is 9.48 Å². The minimum Gasteiger partial charge on any atom is -0.423 e. The Morgan fingerprint density at radius 3 is 2.79 bits per heavy atom. The van der Waals surface area contributed by atoms with Crippen LogP contribution in [0.4, 0.5) is 5.69 Å². The molecule has 0 radical (unpaired) electrons. The third kappa shape index (κ3) is 4.87. The molecule has 5 rings (SSSR count). The van der Waals surface area contributed by atoms with Gasteiger partial charge in [-0.05, 0) is 47.7 Å². The number of aryl methyl sites for hydroxylation is 1. The first kappa shape index (κ1) is 21.5. The average molecular weight is 468 g/mol. The summed E-state index contributed by atoms with van der Waals surface area (Å²) in [6, 6.07) is 19.8. The number of aromatic nitrogens is 4. The van der Waals surface area contributed by atoms with E-state index in [1.54, 1.807) is 17.4 Å². The average Bonchev–Trinajstić information content (AvgIpc) is 3.62. The van der Waals surface area contributed by atoms with Crippen LogP contribution in [0.2, 0.25) is 0 Å². The first-order chi connectivity index (χ1) is 16.7. The molecular formula is C26H21N5O2S. The van der Waals surface area contributed by atoms with Crippen molar-refractivity contribution in [2.45, 2.75) is 13.5 Å². The molecule has 0 atom stereocenters. The predicted molar refractivity (Wildman–Crippen MR) is 133 cm³/mol. The number of rotatable bonds is 7. The molecule has 168 valence electrons. The number of hydrogen-bond donors (Lipinski definition) is 1. The Labute approximate surface area is 200 Å². The van der Waals surface area contributed by atoms with E-state index in [4.69, 9.17) is 9.52 Å². The molecule has 2 aromatic carbocycles. The largest absolute Gasteiger partial charge is 0.423 e. The number of carbonyl (C=O) groups is 1. The van der Waals surface area contributed by atoms with E-state index in [1.165, 1.54) is 12.5 Å². The van der Waals surface area contributed by atoms with Gasteiger partial charge in [-0.1, -0.05) is 42.5 Å². The minimum absolute atomic E-state index is 0.237. The number of hydrogen-bond acceptors (Lipinski definition) is 6. The normalized spacial score (nSPS) is 11.2. The number of anilines is 1. The zero-order valence-corrected chi connectivity index (χ0v) is 19.2. The first-order valence-corrected chi connectivity index (χ1v) is 11.6. The first-order valence-electron chi connectivity index (χ1n) is 10.7. The van der Waals surface area contributed by atoms with E-state index < -0.39 is 0 Å². The molecule has 0 saturated carbocycles. The Kier molecular flexibility index (Phi) is 6.13. The maximum Gasteiger partial charge on any atom is 0.248 e. The Hall–Kier alpha value is -4.30. The van der Waals surface area contributed by atoms with Gasteiger partial charge in [-0.25, -0.2) is 0 Å². The standard InChI is InChI=1S/C26H21N5O2S/c1-18-9-10-20(26-29-27-17-33-26)14-22(18)28-24(32)12-11-21-16-31(15-19-6-3-2-4-7-19)30-25(21)23-8-5-13-34-23/h2-14,16-17H,15H2,1H3,(H,28,32). The van der Waals surface area contributed by atoms with Crippen LogP contribution in [0, 0.1) is 6.92 Å². The number of nitrogens with one attached hydrogen (secondary N) is 1. The van der Waals surface area contributed by atoms with Crippen LogP contribution >= 0.6 is 11.3 Å². The van der Waals surface area contributed by atoms with Crippen LogP contribution in [-0.2, 0) is 11.3 Å². The smallest absolute Gasteiger partial charge is 0.248 e. The van der Waals surface area contributed by atoms with Gasteiger partial charge in [-0.2, -0.15) is 5.10 Å². The van der Waals surface area contributed by atoms with Gasteiger partial charge in [0.25, 0.3) is 0 Å². The molecule has 0 aliphatic heterocycles. The van der Waals surface area contributed by atoms with Crippen molar-refractivity contribution in [2.24, 2.45) is 0 Å². The fourth-order valence-corrected chi connectivity index (χ4v) is 4.27. The lowest BCUT2D eigenvalue weighted by Gasteiger charge is -2.07. The molecule has 7 nitrogen and oxygen atoms in total. The van der Waals surface area contributed by atoms with Gasteiger partial charge < -0.3 is 9.73 Å². The van der Waals surface area contributed by atoms with E-state index in [0.29, 0.717) is 18.1 Å². The summed E-state index contributed by atoms with van der Waals surface area (Å²) in [5.41, 5.74) is 5.25. The lowest BCUT2D eigenvalue weighted by atomic mass is 10.1. The van der Waals surface area contributed by atoms with Gasteiger partial charge in [-0.15, -0.1) is 21.5 Å². The Bertz CT molecular complexity index is 1420. The Balaban J connectivity index is 1.37. The second kappa shape index (κ2) is 9.68. The topological polar surface area (TPSA) is 85.8 Å². The van der Waals surface area contributed by atoms with Crippen molar-refractivity contribution in [3.8, 4) is 22.0 Å². The summed E-state index contributed by atoms with van der Waals surface area (Å²) < 4.78 is 7.16. The Morgan fingerprint density at radius 1 is 1.15 bits per heavy atom. The molecule has 0 fully saturated rings. The molecule has 3 heterocycles. The zero-order chi connectivity index (χ0) is 23.3. The minimum atomic E-state index is -0.237. The monoisotopic (exact) mass is 467 g/mol. The highest BCUT2D eigenvalue weighted by atomic mass is 32.1. The highest BCUT2D eigenvalue weighted by molar-refractivity contribution is 7.13. The summed E-state index contributed by atoms with van der Waals surface area (Å²) in [6.07, 6.45) is 6.57. The highest BCUT2D eigenvalue weighted by Gasteiger charge is 2.12. The fraction of sp³-hybridized carbons (Fsp3) is 0.0769. The molecular weight excluding hydrogens is 446 g/mol. The zero-order valence-electron chi connectivity index (χ0n) is 18.4. The van der Waals surface area contributed by atoms with Gasteiger partial charge in [0.05, 0.1) is 11.4 Å². The fourth-order valence-electron chi connectivity index (χ4n) is 3.54. The Morgan fingerprint density at radius 2 is 2.03 bits per heavy atom. The van der Waals surface area contributed by atoms with Crippen molar-refractivity contribution >= 4 is 29.0 Å². The third-order valence-corrected chi connectivity index (χ3v) is 6.13. The van der Waals surface area contributed by atoms with Crippen molar-refractivity contribution in [2.75, 3.05) is 5.32 Å². The van der Waals surface area contributed by atoms with Crippen molar-refractivity contribution < 1.29 is 9.21 Å². The number of benzene rings is 2. The van der Waals surface area contributed by atoms with E-state index in [1.807, 2.05) is 71.7 Å². The lowest BCUT2D eigenvalue weighted by molar-refractivity contribution is -0.111. The maximum absolute atomic E-state index is 12.8. The van der Waals surface area contributed by atoms with Gasteiger partial charge in [0.15, 0.2) is 0 Å². The van der Waals surface area contributed by atoms with Crippen molar-refractivity contribution in [1.29, 1.82) is 0 Å². The van der Waals surface area contributed by atoms with Gasteiger partial charge in [0.1, 0.15) is 5.69 Å². The van der Waals surface area contributed by atoms with Crippen LogP contribution in [-0.4, -0.2) is 25.9 Å². The summed E-state index contributed by atoms with van der Waals surface area (Å²) in [6.45, 7) is 2.58. The maximum atomic E-state index is 12.8. The highest BCUT2D eigenvalue weighted by Crippen LogP contribution is 2.28. The number of carbonyl (C=O) groups excluding carboxylic acids is 1. The molecule has 5 aromatic rings. The molecule has 0 bridgehead atoms. The van der Waals surface area contributed by atoms with Gasteiger partial charge in [0, 0.05) is 29.1 Å². The van der Waals surface area contributed by atoms with Gasteiger partial charge >= 0.3 is 0 Å². The summed E-state index contributed by atoms with van der Waals surface area (Å²) in [7, 11) is 0. The van der Waals surface area contributed by atoms with E-state index in [-0.39, 0.29) is 5.91 Å². The summed E-state index contributed by atoms with van der Waals surface area (Å²) >= 11 is 1.62. The van der Waals surface area contributed by atoms with Crippen LogP contribution in [0.1, 0.15) is 16.7 Å². The van der Waals surface area contributed by atoms with Crippen LogP contribution in [0.25, 0.3) is 28.1 Å². The molecule has 1 N–H and O–H groups in total. The second-order valence-corrected chi connectivity index (χ2v) is 8.64. The predicted octanol–water partition coefficient (Wildman–Crippen LogP) is 5.67. The number of thiophene rings is 1. The van der Waals surface area contributed by atoms with E-state index in [9.17, 15) is 4.79 Å². The lowest BCUT2D eigenvalue weighted by Crippen LogP contribution is -2.09. The van der Waals surface area contributed by atoms with Crippen LogP contribution in [0.5, 0.6) is 0 Å². The molecule has 0 aliphatic carbocycles. The molecule has 0 unspecified atom stereocenters. The summed E-state index contributed by atoms with van der Waals surface area (Å²) in [4.78, 5) is 13.8. The molecule has 0 saturated heterocycles. The SMILES string of the molecule is Cc1ccc(-c2nnco2)cc1NC(=O)C=Cc1cn(Cc2ccccc2)nc1-c1cccs1. The van der Waals surface area contributed by atoms with Crippen molar-refractivity contribution in [1.82, 2.24) is 20.0 Å². The van der Waals surface area contributed by atoms with Gasteiger partial charge in [0.2, 0.25) is 18.2 Å². The molecule has 1 amide bonds. The second-order valence-electron chi connectivity index (χ2n) is 7.69. The van der Waals surface area contributed by atoms with Crippen LogP contribution < -0.4 is 5.32 Å². The molecule has 0 spiro atoms. The summed E-state index contributed by atoms with van der Waals surface area (Å²) in [5.74, 6) is 0.163. The van der Waals surface area contributed by atoms with Crippen LogP contribution in [0.15, 0.2) is 89.1 Å². The van der Waals surface area contributed by atoms with E-state index >= 15 is 0 Å². The van der Waals surface area contributed by atoms with E-state index in [0.717, 1.165) is 32.8 Å². The van der Waals surface area contributed by atoms with Crippen LogP contribution in [0.3, 0.4) is 0 Å². The van der Waals surface area contributed by atoms with E-state index in [2.05, 4.69) is 27.6 Å².